The zero-order chi connectivity index (χ0) is 15.4. The van der Waals surface area contributed by atoms with Crippen LogP contribution in [0.4, 0.5) is 0 Å². The van der Waals surface area contributed by atoms with Crippen LogP contribution >= 0.6 is 11.6 Å². The van der Waals surface area contributed by atoms with Gasteiger partial charge in [-0.2, -0.15) is 0 Å². The third kappa shape index (κ3) is 3.78. The van der Waals surface area contributed by atoms with Crippen molar-refractivity contribution in [3.8, 4) is 5.75 Å². The zero-order valence-corrected chi connectivity index (χ0v) is 13.5. The first-order chi connectivity index (χ1) is 10.0. The number of ether oxygens (including phenoxy) is 1. The van der Waals surface area contributed by atoms with E-state index >= 15 is 0 Å². The lowest BCUT2D eigenvalue weighted by Gasteiger charge is -2.27. The minimum atomic E-state index is -0.173. The summed E-state index contributed by atoms with van der Waals surface area (Å²) in [5, 5.41) is 0.671. The number of rotatable bonds is 5. The van der Waals surface area contributed by atoms with E-state index in [1.807, 2.05) is 37.3 Å². The number of hydrogen-bond acceptors (Lipinski definition) is 2. The maximum Gasteiger partial charge on any atom is 0.139 e. The molecule has 2 N–H and O–H groups in total. The van der Waals surface area contributed by atoms with Gasteiger partial charge in [0.25, 0.3) is 0 Å². The molecule has 2 aromatic carbocycles. The maximum absolute atomic E-state index is 6.30. The predicted octanol–water partition coefficient (Wildman–Crippen LogP) is 4.81. The summed E-state index contributed by atoms with van der Waals surface area (Å²) in [5.41, 5.74) is 9.67. The van der Waals surface area contributed by atoms with Gasteiger partial charge in [-0.3, -0.25) is 0 Å². The van der Waals surface area contributed by atoms with E-state index in [0.717, 1.165) is 23.3 Å². The Morgan fingerprint density at radius 3 is 2.48 bits per heavy atom. The Bertz CT molecular complexity index is 612. The monoisotopic (exact) mass is 303 g/mol. The minimum Gasteiger partial charge on any atom is -0.484 e. The molecule has 0 aromatic heterocycles. The summed E-state index contributed by atoms with van der Waals surface area (Å²) in [6.45, 7) is 6.17. The molecule has 112 valence electrons. The minimum absolute atomic E-state index is 0.0653. The van der Waals surface area contributed by atoms with Crippen molar-refractivity contribution < 1.29 is 4.74 Å². The lowest BCUT2D eigenvalue weighted by atomic mass is 9.96. The molecular weight excluding hydrogens is 282 g/mol. The van der Waals surface area contributed by atoms with Gasteiger partial charge in [-0.25, -0.2) is 0 Å². The molecule has 0 saturated heterocycles. The largest absolute Gasteiger partial charge is 0.484 e. The van der Waals surface area contributed by atoms with Crippen LogP contribution < -0.4 is 10.5 Å². The molecule has 3 heteroatoms. The highest BCUT2D eigenvalue weighted by atomic mass is 35.5. The van der Waals surface area contributed by atoms with Gasteiger partial charge in [-0.05, 0) is 49.1 Å². The summed E-state index contributed by atoms with van der Waals surface area (Å²) in [5.74, 6) is 0.791. The Labute approximate surface area is 131 Å². The fraction of sp³-hybridized carbons (Fsp3) is 0.333. The first-order valence-electron chi connectivity index (χ1n) is 7.26. The molecule has 0 heterocycles. The Balaban J connectivity index is 2.38. The Hall–Kier alpha value is -1.51. The van der Waals surface area contributed by atoms with E-state index in [-0.39, 0.29) is 12.1 Å². The normalized spacial score (nSPS) is 13.8. The highest BCUT2D eigenvalue weighted by Gasteiger charge is 2.22. The molecular formula is C18H22ClNO. The van der Waals surface area contributed by atoms with Crippen LogP contribution in [0.5, 0.6) is 5.75 Å². The summed E-state index contributed by atoms with van der Waals surface area (Å²) in [6.07, 6.45) is 0.673. The molecule has 0 bridgehead atoms. The molecule has 2 atom stereocenters. The van der Waals surface area contributed by atoms with Gasteiger partial charge in [0, 0.05) is 11.1 Å². The van der Waals surface area contributed by atoms with Gasteiger partial charge >= 0.3 is 0 Å². The van der Waals surface area contributed by atoms with Gasteiger partial charge in [-0.1, -0.05) is 48.9 Å². The predicted molar refractivity (Wildman–Crippen MR) is 89.0 cm³/mol. The molecule has 0 aliphatic rings. The average molecular weight is 304 g/mol. The summed E-state index contributed by atoms with van der Waals surface area (Å²) < 4.78 is 6.24. The van der Waals surface area contributed by atoms with Crippen molar-refractivity contribution in [1.29, 1.82) is 0 Å². The molecule has 2 aromatic rings. The fourth-order valence-corrected chi connectivity index (χ4v) is 2.50. The Morgan fingerprint density at radius 2 is 1.81 bits per heavy atom. The number of benzene rings is 2. The standard InChI is InChI=1S/C18H22ClNO/c1-4-16(20)18(15-8-6-5-7-12(15)2)21-17-11-14(19)10-9-13(17)3/h5-11,16,18H,4,20H2,1-3H3. The van der Waals surface area contributed by atoms with Crippen LogP contribution in [0.25, 0.3) is 0 Å². The van der Waals surface area contributed by atoms with Crippen molar-refractivity contribution in [3.05, 3.63) is 64.2 Å². The highest BCUT2D eigenvalue weighted by Crippen LogP contribution is 2.31. The second kappa shape index (κ2) is 6.97. The smallest absolute Gasteiger partial charge is 0.139 e. The molecule has 0 saturated carbocycles. The molecule has 0 aliphatic heterocycles. The van der Waals surface area contributed by atoms with Crippen LogP contribution in [-0.4, -0.2) is 6.04 Å². The van der Waals surface area contributed by atoms with Crippen molar-refractivity contribution in [2.75, 3.05) is 0 Å². The second-order valence-electron chi connectivity index (χ2n) is 5.38. The molecule has 2 nitrogen and oxygen atoms in total. The summed E-state index contributed by atoms with van der Waals surface area (Å²) in [6, 6.07) is 13.8. The zero-order valence-electron chi connectivity index (χ0n) is 12.8. The quantitative estimate of drug-likeness (QED) is 0.860. The first-order valence-corrected chi connectivity index (χ1v) is 7.64. The maximum atomic E-state index is 6.30. The molecule has 21 heavy (non-hydrogen) atoms. The van der Waals surface area contributed by atoms with Crippen LogP contribution in [0.3, 0.4) is 0 Å². The summed E-state index contributed by atoms with van der Waals surface area (Å²) in [7, 11) is 0. The van der Waals surface area contributed by atoms with E-state index < -0.39 is 0 Å². The molecule has 0 radical (unpaired) electrons. The van der Waals surface area contributed by atoms with Gasteiger partial charge in [-0.15, -0.1) is 0 Å². The molecule has 0 spiro atoms. The van der Waals surface area contributed by atoms with Crippen LogP contribution in [-0.2, 0) is 0 Å². The van der Waals surface area contributed by atoms with Crippen LogP contribution in [0.15, 0.2) is 42.5 Å². The summed E-state index contributed by atoms with van der Waals surface area (Å²) in [4.78, 5) is 0. The van der Waals surface area contributed by atoms with Crippen molar-refractivity contribution >= 4 is 11.6 Å². The Morgan fingerprint density at radius 1 is 1.10 bits per heavy atom. The molecule has 0 fully saturated rings. The number of nitrogens with two attached hydrogens (primary N) is 1. The van der Waals surface area contributed by atoms with E-state index in [2.05, 4.69) is 26.0 Å². The Kier molecular flexibility index (Phi) is 5.27. The van der Waals surface area contributed by atoms with Crippen LogP contribution in [0, 0.1) is 13.8 Å². The lowest BCUT2D eigenvalue weighted by Crippen LogP contribution is -2.32. The number of hydrogen-bond donors (Lipinski definition) is 1. The van der Waals surface area contributed by atoms with E-state index in [4.69, 9.17) is 22.1 Å². The third-order valence-corrected chi connectivity index (χ3v) is 3.99. The van der Waals surface area contributed by atoms with Gasteiger partial charge < -0.3 is 10.5 Å². The third-order valence-electron chi connectivity index (χ3n) is 3.76. The van der Waals surface area contributed by atoms with Crippen molar-refractivity contribution in [2.45, 2.75) is 39.3 Å². The van der Waals surface area contributed by atoms with E-state index in [9.17, 15) is 0 Å². The molecule has 0 aliphatic carbocycles. The van der Waals surface area contributed by atoms with Crippen molar-refractivity contribution in [2.24, 2.45) is 5.73 Å². The molecule has 2 unspecified atom stereocenters. The summed E-state index contributed by atoms with van der Waals surface area (Å²) >= 11 is 6.08. The fourth-order valence-electron chi connectivity index (χ4n) is 2.34. The average Bonchev–Trinajstić information content (AvgIpc) is 2.48. The van der Waals surface area contributed by atoms with Gasteiger partial charge in [0.15, 0.2) is 0 Å². The first kappa shape index (κ1) is 15.9. The van der Waals surface area contributed by atoms with E-state index in [1.165, 1.54) is 5.56 Å². The lowest BCUT2D eigenvalue weighted by molar-refractivity contribution is 0.169. The molecule has 0 amide bonds. The van der Waals surface area contributed by atoms with E-state index in [1.54, 1.807) is 0 Å². The van der Waals surface area contributed by atoms with Gasteiger partial charge in [0.2, 0.25) is 0 Å². The topological polar surface area (TPSA) is 35.2 Å². The highest BCUT2D eigenvalue weighted by molar-refractivity contribution is 6.30. The number of aryl methyl sites for hydroxylation is 2. The molecule has 2 rings (SSSR count). The van der Waals surface area contributed by atoms with Crippen molar-refractivity contribution in [3.63, 3.8) is 0 Å². The SMILES string of the molecule is CCC(N)C(Oc1cc(Cl)ccc1C)c1ccccc1C. The van der Waals surface area contributed by atoms with Gasteiger partial charge in [0.1, 0.15) is 11.9 Å². The van der Waals surface area contributed by atoms with Crippen LogP contribution in [0.2, 0.25) is 5.02 Å². The number of halogens is 1. The van der Waals surface area contributed by atoms with Gasteiger partial charge in [0.05, 0.1) is 0 Å². The van der Waals surface area contributed by atoms with E-state index in [0.29, 0.717) is 5.02 Å². The second-order valence-corrected chi connectivity index (χ2v) is 5.81. The van der Waals surface area contributed by atoms with Crippen LogP contribution in [0.1, 0.15) is 36.1 Å². The van der Waals surface area contributed by atoms with Crippen molar-refractivity contribution in [1.82, 2.24) is 0 Å².